The fourth-order valence-corrected chi connectivity index (χ4v) is 4.64. The van der Waals surface area contributed by atoms with E-state index in [1.165, 1.54) is 0 Å². The van der Waals surface area contributed by atoms with Crippen molar-refractivity contribution >= 4 is 39.9 Å². The summed E-state index contributed by atoms with van der Waals surface area (Å²) in [6.07, 6.45) is 0.797. The number of nitrogens with zero attached hydrogens (tertiary/aromatic N) is 3. The molecule has 0 unspecified atom stereocenters. The van der Waals surface area contributed by atoms with Crippen molar-refractivity contribution in [3.05, 3.63) is 52.0 Å². The van der Waals surface area contributed by atoms with Crippen molar-refractivity contribution in [2.75, 3.05) is 32.3 Å². The van der Waals surface area contributed by atoms with Crippen molar-refractivity contribution in [3.8, 4) is 11.5 Å². The van der Waals surface area contributed by atoms with E-state index in [2.05, 4.69) is 11.9 Å². The average Bonchev–Trinajstić information content (AvgIpc) is 3.20. The number of rotatable bonds is 3. The van der Waals surface area contributed by atoms with Crippen LogP contribution in [0.15, 0.2) is 40.4 Å². The summed E-state index contributed by atoms with van der Waals surface area (Å²) in [5.74, 6) is 2.34. The Labute approximate surface area is 179 Å². The SMILES string of the molecule is COc1cc2c(cc1OC)C(c1ccc(N)c(Cl)c1)=NN(C1=NCCS1)[C@H](C)C2. The molecule has 2 N–H and O–H groups in total. The summed E-state index contributed by atoms with van der Waals surface area (Å²) in [5, 5.41) is 8.53. The van der Waals surface area contributed by atoms with E-state index >= 15 is 0 Å². The number of methoxy groups -OCH3 is 2. The molecule has 2 aromatic carbocycles. The number of amidine groups is 1. The number of nitrogen functional groups attached to an aromatic ring is 1. The van der Waals surface area contributed by atoms with Gasteiger partial charge in [0.1, 0.15) is 0 Å². The average molecular weight is 431 g/mol. The molecule has 152 valence electrons. The van der Waals surface area contributed by atoms with Gasteiger partial charge in [0.15, 0.2) is 16.7 Å². The molecule has 0 saturated carbocycles. The highest BCUT2D eigenvalue weighted by Gasteiger charge is 2.29. The molecular weight excluding hydrogens is 408 g/mol. The first-order chi connectivity index (χ1) is 14.0. The van der Waals surface area contributed by atoms with Crippen molar-refractivity contribution in [1.82, 2.24) is 5.01 Å². The lowest BCUT2D eigenvalue weighted by molar-refractivity contribution is 0.348. The number of benzene rings is 2. The number of hydrogen-bond donors (Lipinski definition) is 1. The van der Waals surface area contributed by atoms with E-state index in [1.54, 1.807) is 32.0 Å². The highest BCUT2D eigenvalue weighted by Crippen LogP contribution is 2.36. The molecule has 0 aromatic heterocycles. The monoisotopic (exact) mass is 430 g/mol. The Morgan fingerprint density at radius 1 is 1.17 bits per heavy atom. The number of nitrogens with two attached hydrogens (primary N) is 1. The lowest BCUT2D eigenvalue weighted by atomic mass is 9.94. The highest BCUT2D eigenvalue weighted by atomic mass is 35.5. The van der Waals surface area contributed by atoms with Gasteiger partial charge in [-0.15, -0.1) is 0 Å². The third-order valence-electron chi connectivity index (χ3n) is 5.04. The number of ether oxygens (including phenoxy) is 2. The standard InChI is InChI=1S/C21H23ClN4O2S/c1-12-8-14-10-18(27-2)19(28-3)11-15(14)20(13-4-5-17(23)16(22)9-13)25-26(12)21-24-6-7-29-21/h4-5,9-12H,6-8,23H2,1-3H3/t12-/m1/s1. The molecule has 0 spiro atoms. The minimum absolute atomic E-state index is 0.137. The van der Waals surface area contributed by atoms with Gasteiger partial charge in [-0.2, -0.15) is 5.10 Å². The molecule has 8 heteroatoms. The summed E-state index contributed by atoms with van der Waals surface area (Å²) >= 11 is 8.07. The maximum atomic E-state index is 6.33. The molecule has 4 rings (SSSR count). The molecule has 1 atom stereocenters. The second-order valence-corrected chi connectivity index (χ2v) is 8.43. The van der Waals surface area contributed by atoms with Crippen LogP contribution in [0.2, 0.25) is 5.02 Å². The number of halogens is 1. The van der Waals surface area contributed by atoms with E-state index in [4.69, 9.17) is 31.9 Å². The van der Waals surface area contributed by atoms with Crippen LogP contribution in [0.5, 0.6) is 11.5 Å². The molecule has 0 radical (unpaired) electrons. The Hall–Kier alpha value is -2.38. The third-order valence-corrected chi connectivity index (χ3v) is 6.33. The summed E-state index contributed by atoms with van der Waals surface area (Å²) in [4.78, 5) is 4.64. The van der Waals surface area contributed by atoms with Gasteiger partial charge in [-0.25, -0.2) is 5.01 Å². The Morgan fingerprint density at radius 3 is 2.59 bits per heavy atom. The van der Waals surface area contributed by atoms with Gasteiger partial charge in [0, 0.05) is 16.9 Å². The molecule has 2 heterocycles. The normalized spacial score (nSPS) is 18.6. The maximum absolute atomic E-state index is 6.33. The zero-order valence-corrected chi connectivity index (χ0v) is 18.2. The van der Waals surface area contributed by atoms with Gasteiger partial charge in [0.05, 0.1) is 43.2 Å². The van der Waals surface area contributed by atoms with Gasteiger partial charge in [-0.3, -0.25) is 4.99 Å². The lowest BCUT2D eigenvalue weighted by Crippen LogP contribution is -2.33. The van der Waals surface area contributed by atoms with Crippen LogP contribution < -0.4 is 15.2 Å². The number of fused-ring (bicyclic) bond motifs is 1. The first-order valence-corrected chi connectivity index (χ1v) is 10.7. The molecule has 0 saturated heterocycles. The van der Waals surface area contributed by atoms with E-state index in [9.17, 15) is 0 Å². The summed E-state index contributed by atoms with van der Waals surface area (Å²) in [6.45, 7) is 2.97. The Morgan fingerprint density at radius 2 is 1.93 bits per heavy atom. The van der Waals surface area contributed by atoms with E-state index in [-0.39, 0.29) is 6.04 Å². The second kappa shape index (κ2) is 8.16. The topological polar surface area (TPSA) is 72.4 Å². The van der Waals surface area contributed by atoms with Crippen LogP contribution >= 0.6 is 23.4 Å². The van der Waals surface area contributed by atoms with Crippen LogP contribution in [0.4, 0.5) is 5.69 Å². The number of anilines is 1. The largest absolute Gasteiger partial charge is 0.493 e. The van der Waals surface area contributed by atoms with Crippen LogP contribution in [0.25, 0.3) is 0 Å². The van der Waals surface area contributed by atoms with Crippen molar-refractivity contribution < 1.29 is 9.47 Å². The van der Waals surface area contributed by atoms with Crippen LogP contribution in [-0.4, -0.2) is 48.4 Å². The van der Waals surface area contributed by atoms with Crippen molar-refractivity contribution in [2.24, 2.45) is 10.1 Å². The van der Waals surface area contributed by atoms with Crippen molar-refractivity contribution in [1.29, 1.82) is 0 Å². The van der Waals surface area contributed by atoms with Crippen LogP contribution in [-0.2, 0) is 6.42 Å². The zero-order valence-electron chi connectivity index (χ0n) is 16.6. The van der Waals surface area contributed by atoms with Crippen LogP contribution in [0, 0.1) is 0 Å². The van der Waals surface area contributed by atoms with Gasteiger partial charge in [0.2, 0.25) is 0 Å². The maximum Gasteiger partial charge on any atom is 0.180 e. The Kier molecular flexibility index (Phi) is 5.61. The quantitative estimate of drug-likeness (QED) is 0.744. The highest BCUT2D eigenvalue weighted by molar-refractivity contribution is 8.14. The summed E-state index contributed by atoms with van der Waals surface area (Å²) in [5.41, 5.74) is 10.3. The number of hydrazone groups is 1. The number of thioether (sulfide) groups is 1. The molecule has 6 nitrogen and oxygen atoms in total. The summed E-state index contributed by atoms with van der Waals surface area (Å²) < 4.78 is 11.1. The smallest absolute Gasteiger partial charge is 0.180 e. The zero-order chi connectivity index (χ0) is 20.5. The van der Waals surface area contributed by atoms with Gasteiger partial charge < -0.3 is 15.2 Å². The molecule has 0 fully saturated rings. The van der Waals surface area contributed by atoms with E-state index in [1.807, 2.05) is 29.3 Å². The molecule has 0 amide bonds. The molecule has 29 heavy (non-hydrogen) atoms. The minimum Gasteiger partial charge on any atom is -0.493 e. The molecular formula is C21H23ClN4O2S. The van der Waals surface area contributed by atoms with Gasteiger partial charge in [-0.05, 0) is 43.2 Å². The van der Waals surface area contributed by atoms with Crippen molar-refractivity contribution in [2.45, 2.75) is 19.4 Å². The van der Waals surface area contributed by atoms with E-state index in [0.717, 1.165) is 46.3 Å². The molecule has 2 aliphatic heterocycles. The second-order valence-electron chi connectivity index (χ2n) is 6.96. The molecule has 0 aliphatic carbocycles. The minimum atomic E-state index is 0.137. The first-order valence-electron chi connectivity index (χ1n) is 9.37. The molecule has 0 bridgehead atoms. The fraction of sp³-hybridized carbons (Fsp3) is 0.333. The number of aliphatic imine (C=N–C) groups is 1. The Bertz CT molecular complexity index is 1010. The van der Waals surface area contributed by atoms with Gasteiger partial charge >= 0.3 is 0 Å². The van der Waals surface area contributed by atoms with Crippen LogP contribution in [0.1, 0.15) is 23.6 Å². The third kappa shape index (κ3) is 3.76. The van der Waals surface area contributed by atoms with Gasteiger partial charge in [0.25, 0.3) is 0 Å². The van der Waals surface area contributed by atoms with E-state index in [0.29, 0.717) is 22.2 Å². The molecule has 2 aromatic rings. The van der Waals surface area contributed by atoms with Crippen molar-refractivity contribution in [3.63, 3.8) is 0 Å². The fourth-order valence-electron chi connectivity index (χ4n) is 3.56. The predicted molar refractivity (Wildman–Crippen MR) is 121 cm³/mol. The summed E-state index contributed by atoms with van der Waals surface area (Å²) in [7, 11) is 3.28. The number of hydrogen-bond acceptors (Lipinski definition) is 7. The van der Waals surface area contributed by atoms with Gasteiger partial charge in [-0.1, -0.05) is 29.4 Å². The Balaban J connectivity index is 1.93. The first kappa shape index (κ1) is 19.9. The van der Waals surface area contributed by atoms with Crippen LogP contribution in [0.3, 0.4) is 0 Å². The lowest BCUT2D eigenvalue weighted by Gasteiger charge is -2.24. The summed E-state index contributed by atoms with van der Waals surface area (Å²) in [6, 6.07) is 9.76. The predicted octanol–water partition coefficient (Wildman–Crippen LogP) is 4.04. The van der Waals surface area contributed by atoms with E-state index < -0.39 is 0 Å². The molecule has 2 aliphatic rings.